The number of ether oxygens (including phenoxy) is 1. The molecule has 0 aromatic heterocycles. The van der Waals surface area contributed by atoms with E-state index in [0.717, 1.165) is 25.2 Å². The van der Waals surface area contributed by atoms with Crippen molar-refractivity contribution < 1.29 is 22.9 Å². The summed E-state index contributed by atoms with van der Waals surface area (Å²) in [6.07, 6.45) is 1.77. The first-order valence-electron chi connectivity index (χ1n) is 6.00. The molecule has 0 atom stereocenters. The molecule has 102 valence electrons. The van der Waals surface area contributed by atoms with Gasteiger partial charge in [-0.1, -0.05) is 0 Å². The lowest BCUT2D eigenvalue weighted by atomic mass is 10.1. The molecule has 2 N–H and O–H groups in total. The summed E-state index contributed by atoms with van der Waals surface area (Å²) in [6, 6.07) is 5.67. The topological polar surface area (TPSA) is 55.3 Å². The monoisotopic (exact) mass is 269 g/mol. The summed E-state index contributed by atoms with van der Waals surface area (Å²) in [4.78, 5) is 12.0. The van der Waals surface area contributed by atoms with Crippen molar-refractivity contribution in [2.24, 2.45) is 5.73 Å². The van der Waals surface area contributed by atoms with Crippen LogP contribution in [0.5, 0.6) is 5.75 Å². The van der Waals surface area contributed by atoms with Gasteiger partial charge in [0.2, 0.25) is 11.6 Å². The molecule has 1 aromatic rings. The van der Waals surface area contributed by atoms with Gasteiger partial charge in [-0.3, -0.25) is 15.1 Å². The fraction of sp³-hybridized carbons (Fsp3) is 0.385. The Morgan fingerprint density at radius 2 is 2.05 bits per heavy atom. The van der Waals surface area contributed by atoms with Crippen LogP contribution >= 0.6 is 0 Å². The molecule has 1 heterocycles. The minimum Gasteiger partial charge on any atom is -0.435 e. The van der Waals surface area contributed by atoms with Gasteiger partial charge in [-0.25, -0.2) is 0 Å². The van der Waals surface area contributed by atoms with Gasteiger partial charge < -0.3 is 4.74 Å². The first-order valence-corrected chi connectivity index (χ1v) is 6.00. The van der Waals surface area contributed by atoms with Gasteiger partial charge in [-0.15, -0.1) is 0 Å². The normalized spacial score (nSPS) is 15.1. The van der Waals surface area contributed by atoms with E-state index in [-0.39, 0.29) is 18.1 Å². The van der Waals surface area contributed by atoms with Crippen molar-refractivity contribution >= 4 is 11.6 Å². The summed E-state index contributed by atoms with van der Waals surface area (Å²) in [5.41, 5.74) is 6.23. The maximum atomic E-state index is 12.0. The Bertz CT molecular complexity index is 498. The van der Waals surface area contributed by atoms with Gasteiger partial charge in [0, 0.05) is 5.56 Å². The fourth-order valence-electron chi connectivity index (χ4n) is 2.02. The highest BCUT2D eigenvalue weighted by molar-refractivity contribution is 5.97. The molecule has 1 aliphatic rings. The summed E-state index contributed by atoms with van der Waals surface area (Å²) in [5.74, 6) is 0.679. The lowest BCUT2D eigenvalue weighted by molar-refractivity contribution is -0.507. The first kappa shape index (κ1) is 13.5. The van der Waals surface area contributed by atoms with E-state index < -0.39 is 6.61 Å². The maximum absolute atomic E-state index is 12.0. The molecule has 0 saturated carbocycles. The number of hydrogen-bond acceptors (Lipinski definition) is 3. The molecule has 0 saturated heterocycles. The van der Waals surface area contributed by atoms with Gasteiger partial charge in [0.05, 0.1) is 13.0 Å². The van der Waals surface area contributed by atoms with Gasteiger partial charge in [-0.05, 0) is 30.7 Å². The third-order valence-electron chi connectivity index (χ3n) is 3.00. The smallest absolute Gasteiger partial charge is 0.387 e. The highest BCUT2D eigenvalue weighted by Crippen LogP contribution is 2.15. The maximum Gasteiger partial charge on any atom is 0.387 e. The highest BCUT2D eigenvalue weighted by Gasteiger charge is 2.20. The van der Waals surface area contributed by atoms with Crippen LogP contribution in [-0.4, -0.2) is 35.9 Å². The minimum atomic E-state index is -2.86. The molecule has 0 bridgehead atoms. The van der Waals surface area contributed by atoms with Crippen molar-refractivity contribution in [2.45, 2.75) is 19.5 Å². The van der Waals surface area contributed by atoms with Gasteiger partial charge in [0.1, 0.15) is 12.3 Å². The van der Waals surface area contributed by atoms with Crippen molar-refractivity contribution in [1.82, 2.24) is 0 Å². The number of nitrogens with zero attached hydrogens (tertiary/aromatic N) is 1. The zero-order chi connectivity index (χ0) is 13.8. The second-order valence-corrected chi connectivity index (χ2v) is 4.34. The van der Waals surface area contributed by atoms with E-state index in [1.54, 1.807) is 0 Å². The van der Waals surface area contributed by atoms with Crippen LogP contribution in [0, 0.1) is 0 Å². The largest absolute Gasteiger partial charge is 0.435 e. The zero-order valence-corrected chi connectivity index (χ0v) is 10.3. The van der Waals surface area contributed by atoms with E-state index in [4.69, 9.17) is 5.73 Å². The van der Waals surface area contributed by atoms with Crippen LogP contribution in [0.15, 0.2) is 24.3 Å². The third kappa shape index (κ3) is 3.49. The van der Waals surface area contributed by atoms with Gasteiger partial charge in [0.15, 0.2) is 0 Å². The molecule has 0 aliphatic carbocycles. The van der Waals surface area contributed by atoms with Crippen molar-refractivity contribution in [2.75, 3.05) is 13.1 Å². The lowest BCUT2D eigenvalue weighted by Crippen LogP contribution is -2.27. The SMILES string of the molecule is NC1=[N+](CC(=O)c2ccc(OC(F)F)cc2)CCC1. The lowest BCUT2D eigenvalue weighted by Gasteiger charge is -2.06. The van der Waals surface area contributed by atoms with Crippen molar-refractivity contribution in [3.05, 3.63) is 29.8 Å². The number of hydrogen-bond donors (Lipinski definition) is 1. The predicted molar refractivity (Wildman–Crippen MR) is 65.8 cm³/mol. The zero-order valence-electron chi connectivity index (χ0n) is 10.3. The molecule has 0 unspecified atom stereocenters. The molecule has 0 radical (unpaired) electrons. The fourth-order valence-corrected chi connectivity index (χ4v) is 2.02. The number of carbonyl (C=O) groups is 1. The summed E-state index contributed by atoms with van der Waals surface area (Å²) in [5, 5.41) is 0. The summed E-state index contributed by atoms with van der Waals surface area (Å²) < 4.78 is 30.0. The highest BCUT2D eigenvalue weighted by atomic mass is 19.3. The average molecular weight is 269 g/mol. The third-order valence-corrected chi connectivity index (χ3v) is 3.00. The van der Waals surface area contributed by atoms with Crippen molar-refractivity contribution in [1.29, 1.82) is 0 Å². The van der Waals surface area contributed by atoms with Crippen LogP contribution < -0.4 is 10.5 Å². The molecule has 0 amide bonds. The number of Topliss-reactive ketones (excluding diaryl/α,β-unsaturated/α-hetero) is 1. The van der Waals surface area contributed by atoms with Crippen LogP contribution in [-0.2, 0) is 0 Å². The van der Waals surface area contributed by atoms with Crippen molar-refractivity contribution in [3.8, 4) is 5.75 Å². The molecular formula is C13H15F2N2O2+. The molecule has 2 rings (SSSR count). The number of nitrogens with two attached hydrogens (primary N) is 1. The Kier molecular flexibility index (Phi) is 4.09. The Balaban J connectivity index is 2.01. The average Bonchev–Trinajstić information content (AvgIpc) is 2.75. The Morgan fingerprint density at radius 3 is 2.58 bits per heavy atom. The second-order valence-electron chi connectivity index (χ2n) is 4.34. The number of carbonyl (C=O) groups excluding carboxylic acids is 1. The number of alkyl halides is 2. The van der Waals surface area contributed by atoms with Gasteiger partial charge in [0.25, 0.3) is 0 Å². The van der Waals surface area contributed by atoms with E-state index >= 15 is 0 Å². The molecule has 19 heavy (non-hydrogen) atoms. The van der Waals surface area contributed by atoms with E-state index in [0.29, 0.717) is 5.56 Å². The number of benzene rings is 1. The number of amidine groups is 1. The van der Waals surface area contributed by atoms with Crippen molar-refractivity contribution in [3.63, 3.8) is 0 Å². The van der Waals surface area contributed by atoms with Crippen LogP contribution in [0.1, 0.15) is 23.2 Å². The van der Waals surface area contributed by atoms with Gasteiger partial charge >= 0.3 is 6.61 Å². The predicted octanol–water partition coefficient (Wildman–Crippen LogP) is 1.63. The quantitative estimate of drug-likeness (QED) is 0.653. The minimum absolute atomic E-state index is 0.0406. The summed E-state index contributed by atoms with van der Waals surface area (Å²) in [6.45, 7) is -1.86. The van der Waals surface area contributed by atoms with E-state index in [9.17, 15) is 13.6 Å². The van der Waals surface area contributed by atoms with E-state index in [1.165, 1.54) is 24.3 Å². The molecule has 1 aliphatic heterocycles. The number of rotatable bonds is 5. The molecule has 1 aromatic carbocycles. The Hall–Kier alpha value is -1.98. The Morgan fingerprint density at radius 1 is 1.37 bits per heavy atom. The standard InChI is InChI=1S/C13H14F2N2O2/c14-13(15)19-10-5-3-9(4-6-10)11(18)8-17-7-1-2-12(17)16/h3-6,13,16H,1-2,7-8H2/p+1. The Labute approximate surface area is 109 Å². The van der Waals surface area contributed by atoms with Gasteiger partial charge in [-0.2, -0.15) is 8.78 Å². The molecule has 0 fully saturated rings. The second kappa shape index (κ2) is 5.77. The van der Waals surface area contributed by atoms with Crippen LogP contribution in [0.25, 0.3) is 0 Å². The summed E-state index contributed by atoms with van der Waals surface area (Å²) >= 11 is 0. The number of halogens is 2. The molecule has 6 heteroatoms. The molecule has 0 spiro atoms. The van der Waals surface area contributed by atoms with Crippen LogP contribution in [0.3, 0.4) is 0 Å². The molecule has 4 nitrogen and oxygen atoms in total. The van der Waals surface area contributed by atoms with Crippen LogP contribution in [0.2, 0.25) is 0 Å². The van der Waals surface area contributed by atoms with E-state index in [2.05, 4.69) is 4.74 Å². The number of ketones is 1. The molecular weight excluding hydrogens is 254 g/mol. The first-order chi connectivity index (χ1) is 9.06. The van der Waals surface area contributed by atoms with Crippen LogP contribution in [0.4, 0.5) is 8.78 Å². The summed E-state index contributed by atoms with van der Waals surface area (Å²) in [7, 11) is 0. The van der Waals surface area contributed by atoms with E-state index in [1.807, 2.05) is 4.58 Å².